The number of nitrogens with zero attached hydrogens (tertiary/aromatic N) is 1. The molecular weight excluding hydrogens is 330 g/mol. The fourth-order valence-electron chi connectivity index (χ4n) is 3.00. The van der Waals surface area contributed by atoms with Gasteiger partial charge in [0.25, 0.3) is 0 Å². The number of amides is 1. The van der Waals surface area contributed by atoms with Crippen molar-refractivity contribution in [2.24, 2.45) is 0 Å². The molecule has 1 amide bonds. The lowest BCUT2D eigenvalue weighted by Crippen LogP contribution is -2.43. The molecule has 24 heavy (non-hydrogen) atoms. The lowest BCUT2D eigenvalue weighted by atomic mass is 10.0. The Labute approximate surface area is 142 Å². The number of carboxylic acid groups (broad SMARTS) is 1. The van der Waals surface area contributed by atoms with Crippen LogP contribution in [-0.2, 0) is 21.1 Å². The number of aryl methyl sites for hydroxylation is 1. The van der Waals surface area contributed by atoms with Crippen LogP contribution in [0.25, 0.3) is 0 Å². The second kappa shape index (κ2) is 7.34. The molecule has 0 radical (unpaired) electrons. The number of hydrogen-bond donors (Lipinski definition) is 1. The van der Waals surface area contributed by atoms with Crippen LogP contribution in [0.5, 0.6) is 0 Å². The molecule has 1 unspecified atom stereocenters. The fourth-order valence-corrected chi connectivity index (χ4v) is 4.04. The smallest absolute Gasteiger partial charge is 0.335 e. The minimum atomic E-state index is -3.16. The van der Waals surface area contributed by atoms with Gasteiger partial charge in [-0.25, -0.2) is 13.2 Å². The number of aromatic carboxylic acids is 1. The average molecular weight is 353 g/mol. The molecule has 0 aliphatic heterocycles. The van der Waals surface area contributed by atoms with Gasteiger partial charge in [-0.05, 0) is 37.8 Å². The van der Waals surface area contributed by atoms with Crippen LogP contribution in [0.4, 0.5) is 0 Å². The van der Waals surface area contributed by atoms with Crippen molar-refractivity contribution in [3.8, 4) is 0 Å². The third kappa shape index (κ3) is 5.06. The maximum atomic E-state index is 12.6. The Kier molecular flexibility index (Phi) is 5.64. The van der Waals surface area contributed by atoms with Crippen LogP contribution in [0.1, 0.15) is 42.1 Å². The molecule has 1 fully saturated rings. The van der Waals surface area contributed by atoms with Gasteiger partial charge in [-0.15, -0.1) is 0 Å². The van der Waals surface area contributed by atoms with Crippen molar-refractivity contribution in [3.63, 3.8) is 0 Å². The Morgan fingerprint density at radius 1 is 1.29 bits per heavy atom. The van der Waals surface area contributed by atoms with Crippen molar-refractivity contribution in [1.29, 1.82) is 0 Å². The third-order valence-corrected chi connectivity index (χ3v) is 5.19. The van der Waals surface area contributed by atoms with Crippen molar-refractivity contribution in [2.75, 3.05) is 12.0 Å². The summed E-state index contributed by atoms with van der Waals surface area (Å²) in [6, 6.07) is 6.38. The Morgan fingerprint density at radius 2 is 1.92 bits per heavy atom. The first kappa shape index (κ1) is 18.4. The van der Waals surface area contributed by atoms with Gasteiger partial charge in [0.05, 0.1) is 11.3 Å². The Morgan fingerprint density at radius 3 is 2.46 bits per heavy atom. The zero-order valence-corrected chi connectivity index (χ0v) is 14.8. The molecule has 0 bridgehead atoms. The van der Waals surface area contributed by atoms with Crippen LogP contribution in [0.3, 0.4) is 0 Å². The van der Waals surface area contributed by atoms with E-state index in [0.29, 0.717) is 12.0 Å². The predicted octanol–water partition coefficient (Wildman–Crippen LogP) is 1.74. The SMILES string of the molecule is CC(CS(C)(=O)=O)N(C(=O)CCc1ccccc1C(=O)O)C1CC1. The Hall–Kier alpha value is -1.89. The summed E-state index contributed by atoms with van der Waals surface area (Å²) in [5, 5.41) is 9.19. The van der Waals surface area contributed by atoms with Crippen molar-refractivity contribution >= 4 is 21.7 Å². The number of carboxylic acids is 1. The first-order chi connectivity index (χ1) is 11.2. The highest BCUT2D eigenvalue weighted by atomic mass is 32.2. The molecule has 6 nitrogen and oxygen atoms in total. The quantitative estimate of drug-likeness (QED) is 0.768. The number of rotatable bonds is 8. The molecule has 0 aromatic heterocycles. The second-order valence-corrected chi connectivity index (χ2v) is 8.62. The van der Waals surface area contributed by atoms with Crippen molar-refractivity contribution in [1.82, 2.24) is 4.90 Å². The molecule has 7 heteroatoms. The van der Waals surface area contributed by atoms with Gasteiger partial charge < -0.3 is 10.0 Å². The summed E-state index contributed by atoms with van der Waals surface area (Å²) in [7, 11) is -3.16. The van der Waals surface area contributed by atoms with Crippen LogP contribution in [0.2, 0.25) is 0 Å². The first-order valence-electron chi connectivity index (χ1n) is 7.99. The molecule has 1 saturated carbocycles. The summed E-state index contributed by atoms with van der Waals surface area (Å²) in [6.07, 6.45) is 3.46. The molecule has 1 atom stereocenters. The number of carbonyl (C=O) groups is 2. The summed E-state index contributed by atoms with van der Waals surface area (Å²) >= 11 is 0. The number of carbonyl (C=O) groups excluding carboxylic acids is 1. The fraction of sp³-hybridized carbons (Fsp3) is 0.529. The van der Waals surface area contributed by atoms with Gasteiger partial charge in [-0.1, -0.05) is 18.2 Å². The summed E-state index contributed by atoms with van der Waals surface area (Å²) in [5.74, 6) is -1.18. The maximum absolute atomic E-state index is 12.6. The van der Waals surface area contributed by atoms with Crippen LogP contribution >= 0.6 is 0 Å². The van der Waals surface area contributed by atoms with Crippen molar-refractivity contribution < 1.29 is 23.1 Å². The van der Waals surface area contributed by atoms with Gasteiger partial charge in [0, 0.05) is 24.8 Å². The van der Waals surface area contributed by atoms with Crippen LogP contribution in [0, 0.1) is 0 Å². The van der Waals surface area contributed by atoms with Gasteiger partial charge in [0.15, 0.2) is 0 Å². The summed E-state index contributed by atoms with van der Waals surface area (Å²) in [5.41, 5.74) is 0.817. The lowest BCUT2D eigenvalue weighted by Gasteiger charge is -2.29. The zero-order chi connectivity index (χ0) is 17.9. The highest BCUT2D eigenvalue weighted by Crippen LogP contribution is 2.30. The molecule has 1 N–H and O–H groups in total. The summed E-state index contributed by atoms with van der Waals surface area (Å²) in [6.45, 7) is 1.75. The van der Waals surface area contributed by atoms with E-state index < -0.39 is 15.8 Å². The normalized spacial score (nSPS) is 15.8. The molecule has 1 aliphatic rings. The topological polar surface area (TPSA) is 91.8 Å². The lowest BCUT2D eigenvalue weighted by molar-refractivity contribution is -0.133. The van der Waals surface area contributed by atoms with Crippen LogP contribution in [-0.4, -0.2) is 54.4 Å². The monoisotopic (exact) mass is 353 g/mol. The van der Waals surface area contributed by atoms with E-state index in [9.17, 15) is 23.1 Å². The highest BCUT2D eigenvalue weighted by Gasteiger charge is 2.36. The molecular formula is C17H23NO5S. The van der Waals surface area contributed by atoms with Crippen LogP contribution < -0.4 is 0 Å². The standard InChI is InChI=1S/C17H23NO5S/c1-12(11-24(2,22)23)18(14-8-9-14)16(19)10-7-13-5-3-4-6-15(13)17(20)21/h3-6,12,14H,7-11H2,1-2H3,(H,20,21). The van der Waals surface area contributed by atoms with Gasteiger partial charge in [-0.2, -0.15) is 0 Å². The van der Waals surface area contributed by atoms with E-state index in [-0.39, 0.29) is 35.7 Å². The Balaban J connectivity index is 2.05. The van der Waals surface area contributed by atoms with Crippen LogP contribution in [0.15, 0.2) is 24.3 Å². The maximum Gasteiger partial charge on any atom is 0.335 e. The van der Waals surface area contributed by atoms with Gasteiger partial charge in [-0.3, -0.25) is 4.79 Å². The highest BCUT2D eigenvalue weighted by molar-refractivity contribution is 7.90. The van der Waals surface area contributed by atoms with E-state index in [4.69, 9.17) is 0 Å². The Bertz CT molecular complexity index is 724. The molecule has 0 spiro atoms. The predicted molar refractivity (Wildman–Crippen MR) is 90.8 cm³/mol. The summed E-state index contributed by atoms with van der Waals surface area (Å²) < 4.78 is 23.0. The molecule has 1 aliphatic carbocycles. The number of benzene rings is 1. The van der Waals surface area contributed by atoms with E-state index in [1.807, 2.05) is 0 Å². The molecule has 132 valence electrons. The van der Waals surface area contributed by atoms with E-state index in [2.05, 4.69) is 0 Å². The summed E-state index contributed by atoms with van der Waals surface area (Å²) in [4.78, 5) is 25.5. The van der Waals surface area contributed by atoms with Gasteiger partial charge >= 0.3 is 5.97 Å². The van der Waals surface area contributed by atoms with E-state index in [1.54, 1.807) is 30.0 Å². The van der Waals surface area contributed by atoms with Gasteiger partial charge in [0.2, 0.25) is 5.91 Å². The second-order valence-electron chi connectivity index (χ2n) is 6.44. The van der Waals surface area contributed by atoms with Crippen molar-refractivity contribution in [3.05, 3.63) is 35.4 Å². The molecule has 2 rings (SSSR count). The number of sulfone groups is 1. The molecule has 1 aromatic carbocycles. The first-order valence-corrected chi connectivity index (χ1v) is 10.0. The van der Waals surface area contributed by atoms with Gasteiger partial charge in [0.1, 0.15) is 9.84 Å². The minimum Gasteiger partial charge on any atom is -0.478 e. The van der Waals surface area contributed by atoms with E-state index in [1.165, 1.54) is 12.3 Å². The average Bonchev–Trinajstić information content (AvgIpc) is 3.28. The zero-order valence-electron chi connectivity index (χ0n) is 13.9. The van der Waals surface area contributed by atoms with Crippen molar-refractivity contribution in [2.45, 2.75) is 44.7 Å². The number of hydrogen-bond acceptors (Lipinski definition) is 4. The van der Waals surface area contributed by atoms with E-state index in [0.717, 1.165) is 12.8 Å². The molecule has 0 heterocycles. The minimum absolute atomic E-state index is 0.0546. The largest absolute Gasteiger partial charge is 0.478 e. The van der Waals surface area contributed by atoms with E-state index >= 15 is 0 Å². The molecule has 0 saturated heterocycles. The third-order valence-electron chi connectivity index (χ3n) is 4.10. The molecule has 1 aromatic rings.